The maximum Gasteiger partial charge on any atom is 0.272 e. The average molecular weight is 315 g/mol. The van der Waals surface area contributed by atoms with Gasteiger partial charge in [0.05, 0.1) is 6.20 Å². The van der Waals surface area contributed by atoms with Crippen LogP contribution in [0.15, 0.2) is 18.3 Å². The molecular weight excluding hydrogens is 299 g/mol. The van der Waals surface area contributed by atoms with Crippen molar-refractivity contribution in [2.75, 3.05) is 18.4 Å². The number of hydrogen-bond donors (Lipinski definition) is 0. The van der Waals surface area contributed by atoms with Crippen molar-refractivity contribution in [2.45, 2.75) is 19.3 Å². The van der Waals surface area contributed by atoms with Crippen LogP contribution in [0.2, 0.25) is 0 Å². The Morgan fingerprint density at radius 3 is 3.06 bits per heavy atom. The first-order valence-corrected chi connectivity index (χ1v) is 7.29. The molecule has 1 aliphatic heterocycles. The van der Waals surface area contributed by atoms with Crippen molar-refractivity contribution in [1.29, 1.82) is 0 Å². The van der Waals surface area contributed by atoms with Gasteiger partial charge in [-0.15, -0.1) is 0 Å². The molecule has 0 aliphatic carbocycles. The summed E-state index contributed by atoms with van der Waals surface area (Å²) in [6.45, 7) is 1.56. The molecule has 1 aromatic heterocycles. The largest absolute Gasteiger partial charge is 0.337 e. The van der Waals surface area contributed by atoms with Crippen molar-refractivity contribution in [3.05, 3.63) is 29.8 Å². The van der Waals surface area contributed by atoms with Gasteiger partial charge in [0.1, 0.15) is 11.5 Å². The molecule has 1 fully saturated rings. The van der Waals surface area contributed by atoms with Gasteiger partial charge in [-0.1, -0.05) is 15.9 Å². The first kappa shape index (κ1) is 13.5. The van der Waals surface area contributed by atoms with E-state index in [-0.39, 0.29) is 5.91 Å². The van der Waals surface area contributed by atoms with Gasteiger partial charge in [-0.3, -0.25) is 4.79 Å². The number of hydrogen-bond acceptors (Lipinski definition) is 2. The predicted molar refractivity (Wildman–Crippen MR) is 71.2 cm³/mol. The van der Waals surface area contributed by atoms with Gasteiger partial charge in [0, 0.05) is 18.4 Å². The van der Waals surface area contributed by atoms with Gasteiger partial charge in [-0.2, -0.15) is 0 Å². The number of carbonyl (C=O) groups is 1. The summed E-state index contributed by atoms with van der Waals surface area (Å²) in [5.74, 6) is 0.0548. The van der Waals surface area contributed by atoms with E-state index in [2.05, 4.69) is 20.9 Å². The van der Waals surface area contributed by atoms with E-state index in [4.69, 9.17) is 0 Å². The van der Waals surface area contributed by atoms with Gasteiger partial charge < -0.3 is 4.90 Å². The van der Waals surface area contributed by atoms with Gasteiger partial charge >= 0.3 is 0 Å². The SMILES string of the molecule is O=C(c1ccc(F)cn1)N1CCCC(CCBr)C1. The van der Waals surface area contributed by atoms with Crippen molar-refractivity contribution >= 4 is 21.8 Å². The van der Waals surface area contributed by atoms with Crippen molar-refractivity contribution in [2.24, 2.45) is 5.92 Å². The van der Waals surface area contributed by atoms with E-state index in [0.29, 0.717) is 11.6 Å². The average Bonchev–Trinajstić information content (AvgIpc) is 2.39. The van der Waals surface area contributed by atoms with Gasteiger partial charge in [-0.25, -0.2) is 9.37 Å². The fourth-order valence-corrected chi connectivity index (χ4v) is 2.95. The molecule has 0 bridgehead atoms. The smallest absolute Gasteiger partial charge is 0.272 e. The third kappa shape index (κ3) is 3.28. The monoisotopic (exact) mass is 314 g/mol. The molecule has 18 heavy (non-hydrogen) atoms. The highest BCUT2D eigenvalue weighted by Gasteiger charge is 2.24. The van der Waals surface area contributed by atoms with E-state index >= 15 is 0 Å². The summed E-state index contributed by atoms with van der Waals surface area (Å²) in [5.41, 5.74) is 0.330. The fourth-order valence-electron chi connectivity index (χ4n) is 2.30. The zero-order chi connectivity index (χ0) is 13.0. The Kier molecular flexibility index (Phi) is 4.69. The zero-order valence-corrected chi connectivity index (χ0v) is 11.7. The standard InChI is InChI=1S/C13H16BrFN2O/c14-6-5-10-2-1-7-17(9-10)13(18)12-4-3-11(15)8-16-12/h3-4,8,10H,1-2,5-7,9H2. The van der Waals surface area contributed by atoms with Crippen LogP contribution in [-0.4, -0.2) is 34.2 Å². The number of nitrogens with zero attached hydrogens (tertiary/aromatic N) is 2. The van der Waals surface area contributed by atoms with E-state index in [1.54, 1.807) is 0 Å². The molecule has 0 N–H and O–H groups in total. The number of rotatable bonds is 3. The van der Waals surface area contributed by atoms with Crippen LogP contribution < -0.4 is 0 Å². The minimum absolute atomic E-state index is 0.0886. The van der Waals surface area contributed by atoms with Crippen LogP contribution >= 0.6 is 15.9 Å². The van der Waals surface area contributed by atoms with Gasteiger partial charge in [0.15, 0.2) is 0 Å². The zero-order valence-electron chi connectivity index (χ0n) is 10.1. The third-order valence-electron chi connectivity index (χ3n) is 3.27. The molecule has 98 valence electrons. The van der Waals surface area contributed by atoms with Crippen LogP contribution in [0.3, 0.4) is 0 Å². The van der Waals surface area contributed by atoms with Crippen LogP contribution in [0.4, 0.5) is 4.39 Å². The highest BCUT2D eigenvalue weighted by atomic mass is 79.9. The maximum atomic E-state index is 12.8. The minimum atomic E-state index is -0.414. The lowest BCUT2D eigenvalue weighted by molar-refractivity contribution is 0.0666. The molecule has 1 unspecified atom stereocenters. The number of pyridine rings is 1. The molecule has 1 aromatic rings. The molecular formula is C13H16BrFN2O. The molecule has 1 aliphatic rings. The van der Waals surface area contributed by atoms with Crippen LogP contribution in [-0.2, 0) is 0 Å². The summed E-state index contributed by atoms with van der Waals surface area (Å²) in [5, 5.41) is 0.967. The van der Waals surface area contributed by atoms with E-state index in [1.165, 1.54) is 18.6 Å². The first-order chi connectivity index (χ1) is 8.70. The molecule has 2 heterocycles. The molecule has 5 heteroatoms. The second kappa shape index (κ2) is 6.27. The lowest BCUT2D eigenvalue weighted by atomic mass is 9.95. The number of halogens is 2. The van der Waals surface area contributed by atoms with Gasteiger partial charge in [-0.05, 0) is 37.3 Å². The number of alkyl halides is 1. The Morgan fingerprint density at radius 2 is 2.39 bits per heavy atom. The summed E-state index contributed by atoms with van der Waals surface area (Å²) >= 11 is 3.44. The Balaban J connectivity index is 2.02. The Hall–Kier alpha value is -0.970. The summed E-state index contributed by atoms with van der Waals surface area (Å²) in [6, 6.07) is 2.73. The molecule has 0 aromatic carbocycles. The topological polar surface area (TPSA) is 33.2 Å². The first-order valence-electron chi connectivity index (χ1n) is 6.17. The van der Waals surface area contributed by atoms with Gasteiger partial charge in [0.25, 0.3) is 5.91 Å². The lowest BCUT2D eigenvalue weighted by Gasteiger charge is -2.32. The second-order valence-corrected chi connectivity index (χ2v) is 5.39. The van der Waals surface area contributed by atoms with E-state index in [9.17, 15) is 9.18 Å². The van der Waals surface area contributed by atoms with Gasteiger partial charge in [0.2, 0.25) is 0 Å². The Labute approximate surface area is 115 Å². The number of likely N-dealkylation sites (tertiary alicyclic amines) is 1. The summed E-state index contributed by atoms with van der Waals surface area (Å²) in [4.78, 5) is 17.9. The fraction of sp³-hybridized carbons (Fsp3) is 0.538. The lowest BCUT2D eigenvalue weighted by Crippen LogP contribution is -2.40. The summed E-state index contributed by atoms with van der Waals surface area (Å²) in [7, 11) is 0. The van der Waals surface area contributed by atoms with E-state index in [1.807, 2.05) is 4.90 Å². The highest BCUT2D eigenvalue weighted by Crippen LogP contribution is 2.21. The molecule has 1 saturated heterocycles. The predicted octanol–water partition coefficient (Wildman–Crippen LogP) is 2.86. The quantitative estimate of drug-likeness (QED) is 0.804. The van der Waals surface area contributed by atoms with Crippen LogP contribution in [0, 0.1) is 11.7 Å². The molecule has 1 atom stereocenters. The summed E-state index contributed by atoms with van der Waals surface area (Å²) < 4.78 is 12.8. The molecule has 3 nitrogen and oxygen atoms in total. The van der Waals surface area contributed by atoms with E-state index in [0.717, 1.165) is 37.5 Å². The highest BCUT2D eigenvalue weighted by molar-refractivity contribution is 9.09. The maximum absolute atomic E-state index is 12.8. The van der Waals surface area contributed by atoms with Crippen molar-refractivity contribution in [1.82, 2.24) is 9.88 Å². The van der Waals surface area contributed by atoms with Crippen LogP contribution in [0.25, 0.3) is 0 Å². The minimum Gasteiger partial charge on any atom is -0.337 e. The number of piperidine rings is 1. The van der Waals surface area contributed by atoms with Crippen LogP contribution in [0.5, 0.6) is 0 Å². The van der Waals surface area contributed by atoms with Crippen molar-refractivity contribution in [3.63, 3.8) is 0 Å². The number of carbonyl (C=O) groups excluding carboxylic acids is 1. The number of amides is 1. The molecule has 2 rings (SSSR count). The van der Waals surface area contributed by atoms with Crippen molar-refractivity contribution < 1.29 is 9.18 Å². The molecule has 0 radical (unpaired) electrons. The molecule has 0 saturated carbocycles. The molecule has 0 spiro atoms. The summed E-state index contributed by atoms with van der Waals surface area (Å²) in [6.07, 6.45) is 4.38. The third-order valence-corrected chi connectivity index (χ3v) is 3.73. The molecule has 1 amide bonds. The van der Waals surface area contributed by atoms with E-state index < -0.39 is 5.82 Å². The Bertz CT molecular complexity index is 408. The normalized spacial score (nSPS) is 19.9. The second-order valence-electron chi connectivity index (χ2n) is 4.60. The van der Waals surface area contributed by atoms with Crippen LogP contribution in [0.1, 0.15) is 29.8 Å². The number of aromatic nitrogens is 1. The Morgan fingerprint density at radius 1 is 1.56 bits per heavy atom. The van der Waals surface area contributed by atoms with Crippen molar-refractivity contribution in [3.8, 4) is 0 Å².